The number of nitrogens with two attached hydrogens (primary N) is 1. The molecule has 0 aromatic carbocycles. The van der Waals surface area contributed by atoms with E-state index in [9.17, 15) is 0 Å². The molecular weight excluding hydrogens is 236 g/mol. The Balaban J connectivity index is 2.30. The number of nitrogen functional groups attached to an aromatic ring is 1. The Morgan fingerprint density at radius 3 is 2.82 bits per heavy atom. The van der Waals surface area contributed by atoms with Crippen molar-refractivity contribution in [2.45, 2.75) is 17.1 Å². The van der Waals surface area contributed by atoms with Crippen LogP contribution in [0.5, 0.6) is 0 Å². The summed E-state index contributed by atoms with van der Waals surface area (Å²) in [5.41, 5.74) is 6.58. The van der Waals surface area contributed by atoms with Gasteiger partial charge in [-0.1, -0.05) is 0 Å². The fraction of sp³-hybridized carbons (Fsp3) is 0.100. The molecule has 2 aromatic heterocycles. The molecule has 2 rings (SSSR count). The van der Waals surface area contributed by atoms with E-state index in [0.29, 0.717) is 15.9 Å². The van der Waals surface area contributed by atoms with Gasteiger partial charge in [-0.15, -0.1) is 0 Å². The van der Waals surface area contributed by atoms with Crippen LogP contribution < -0.4 is 5.73 Å². The summed E-state index contributed by atoms with van der Waals surface area (Å²) in [6.45, 7) is 1.83. The third-order valence-corrected chi connectivity index (χ3v) is 2.63. The Morgan fingerprint density at radius 2 is 2.18 bits per heavy atom. The monoisotopic (exact) mass is 246 g/mol. The maximum atomic E-state index is 7.36. The number of hydrogen-bond donors (Lipinski definition) is 2. The molecule has 0 radical (unpaired) electrons. The van der Waals surface area contributed by atoms with Gasteiger partial charge in [0.25, 0.3) is 0 Å². The normalized spacial score (nSPS) is 10.2. The zero-order chi connectivity index (χ0) is 12.3. The van der Waals surface area contributed by atoms with Gasteiger partial charge < -0.3 is 5.73 Å². The molecule has 2 heterocycles. The minimum absolute atomic E-state index is 0.0727. The lowest BCUT2D eigenvalue weighted by molar-refractivity contribution is 0.915. The van der Waals surface area contributed by atoms with Gasteiger partial charge in [0.05, 0.1) is 6.20 Å². The summed E-state index contributed by atoms with van der Waals surface area (Å²) in [4.78, 5) is 16.5. The highest BCUT2D eigenvalue weighted by atomic mass is 32.2. The van der Waals surface area contributed by atoms with E-state index in [1.807, 2.05) is 6.92 Å². The maximum absolute atomic E-state index is 7.36. The Morgan fingerprint density at radius 1 is 1.35 bits per heavy atom. The predicted molar refractivity (Wildman–Crippen MR) is 63.9 cm³/mol. The van der Waals surface area contributed by atoms with Crippen molar-refractivity contribution in [3.05, 3.63) is 36.0 Å². The lowest BCUT2D eigenvalue weighted by Crippen LogP contribution is -2.14. The molecule has 6 nitrogen and oxygen atoms in total. The third kappa shape index (κ3) is 2.97. The highest BCUT2D eigenvalue weighted by Gasteiger charge is 2.07. The van der Waals surface area contributed by atoms with E-state index >= 15 is 0 Å². The first-order chi connectivity index (χ1) is 8.15. The van der Waals surface area contributed by atoms with Gasteiger partial charge in [0, 0.05) is 18.1 Å². The molecule has 0 aliphatic heterocycles. The average Bonchev–Trinajstić information content (AvgIpc) is 2.29. The van der Waals surface area contributed by atoms with Gasteiger partial charge >= 0.3 is 0 Å². The van der Waals surface area contributed by atoms with E-state index < -0.39 is 0 Å². The second-order valence-electron chi connectivity index (χ2n) is 3.24. The van der Waals surface area contributed by atoms with Crippen LogP contribution in [0.15, 0.2) is 34.8 Å². The first kappa shape index (κ1) is 11.5. The molecule has 0 atom stereocenters. The van der Waals surface area contributed by atoms with Gasteiger partial charge in [-0.05, 0) is 24.8 Å². The van der Waals surface area contributed by atoms with Gasteiger partial charge in [0.15, 0.2) is 5.16 Å². The lowest BCUT2D eigenvalue weighted by Gasteiger charge is -2.03. The molecule has 7 heteroatoms. The molecule has 0 bridgehead atoms. The average molecular weight is 246 g/mol. The number of nitrogens with one attached hydrogen (secondary N) is 1. The van der Waals surface area contributed by atoms with E-state index in [1.54, 1.807) is 24.7 Å². The zero-order valence-electron chi connectivity index (χ0n) is 9.08. The standard InChI is InChI=1S/C10H10N6S/c1-6-4-7(9(11)12)16-10(15-6)17-8-5-13-2-3-14-8/h2-5H,1H3,(H3,11,12). The van der Waals surface area contributed by atoms with Crippen LogP contribution in [0, 0.1) is 12.3 Å². The van der Waals surface area contributed by atoms with E-state index in [0.717, 1.165) is 5.69 Å². The summed E-state index contributed by atoms with van der Waals surface area (Å²) < 4.78 is 0. The minimum Gasteiger partial charge on any atom is -0.382 e. The molecule has 3 N–H and O–H groups in total. The molecule has 2 aromatic rings. The SMILES string of the molecule is Cc1cc(C(=N)N)nc(Sc2cnccn2)n1. The van der Waals surface area contributed by atoms with E-state index in [4.69, 9.17) is 11.1 Å². The topological polar surface area (TPSA) is 101 Å². The van der Waals surface area contributed by atoms with Crippen molar-refractivity contribution >= 4 is 17.6 Å². The minimum atomic E-state index is -0.0727. The Hall–Kier alpha value is -2.02. The van der Waals surface area contributed by atoms with Crippen LogP contribution >= 0.6 is 11.8 Å². The van der Waals surface area contributed by atoms with Crippen LogP contribution in [0.4, 0.5) is 0 Å². The Kier molecular flexibility index (Phi) is 3.29. The van der Waals surface area contributed by atoms with E-state index in [2.05, 4.69) is 19.9 Å². The molecule has 86 valence electrons. The zero-order valence-corrected chi connectivity index (χ0v) is 9.90. The second-order valence-corrected chi connectivity index (χ2v) is 4.22. The van der Waals surface area contributed by atoms with Crippen LogP contribution in [0.1, 0.15) is 11.4 Å². The van der Waals surface area contributed by atoms with Gasteiger partial charge in [0.2, 0.25) is 0 Å². The summed E-state index contributed by atoms with van der Waals surface area (Å²) in [5.74, 6) is -0.0727. The van der Waals surface area contributed by atoms with Crippen molar-refractivity contribution in [2.75, 3.05) is 0 Å². The maximum Gasteiger partial charge on any atom is 0.194 e. The van der Waals surface area contributed by atoms with Crippen LogP contribution in [0.3, 0.4) is 0 Å². The molecule has 0 aliphatic rings. The fourth-order valence-electron chi connectivity index (χ4n) is 1.16. The summed E-state index contributed by atoms with van der Waals surface area (Å²) in [6, 6.07) is 1.67. The molecule has 0 spiro atoms. The number of rotatable bonds is 3. The van der Waals surface area contributed by atoms with Crippen LogP contribution in [0.25, 0.3) is 0 Å². The number of nitrogens with zero attached hydrogens (tertiary/aromatic N) is 4. The molecular formula is C10H10N6S. The predicted octanol–water partition coefficient (Wildman–Crippen LogP) is 1.01. The molecule has 0 unspecified atom stereocenters. The third-order valence-electron chi connectivity index (χ3n) is 1.84. The van der Waals surface area contributed by atoms with Crippen molar-refractivity contribution in [1.29, 1.82) is 5.41 Å². The summed E-state index contributed by atoms with van der Waals surface area (Å²) in [6.07, 6.45) is 4.83. The Bertz CT molecular complexity index is 542. The number of hydrogen-bond acceptors (Lipinski definition) is 6. The Labute approximate surface area is 102 Å². The highest BCUT2D eigenvalue weighted by molar-refractivity contribution is 7.99. The van der Waals surface area contributed by atoms with Gasteiger partial charge in [-0.25, -0.2) is 15.0 Å². The molecule has 0 saturated carbocycles. The van der Waals surface area contributed by atoms with E-state index in [1.165, 1.54) is 11.8 Å². The highest BCUT2D eigenvalue weighted by Crippen LogP contribution is 2.21. The van der Waals surface area contributed by atoms with Crippen LogP contribution in [-0.4, -0.2) is 25.8 Å². The summed E-state index contributed by atoms with van der Waals surface area (Å²) in [7, 11) is 0. The smallest absolute Gasteiger partial charge is 0.194 e. The van der Waals surface area contributed by atoms with Crippen molar-refractivity contribution in [3.63, 3.8) is 0 Å². The lowest BCUT2D eigenvalue weighted by atomic mass is 10.3. The number of amidine groups is 1. The molecule has 0 saturated heterocycles. The largest absolute Gasteiger partial charge is 0.382 e. The van der Waals surface area contributed by atoms with Crippen molar-refractivity contribution < 1.29 is 0 Å². The van der Waals surface area contributed by atoms with Crippen LogP contribution in [0.2, 0.25) is 0 Å². The van der Waals surface area contributed by atoms with Gasteiger partial charge in [-0.2, -0.15) is 0 Å². The summed E-state index contributed by atoms with van der Waals surface area (Å²) in [5, 5.41) is 8.57. The first-order valence-corrected chi connectivity index (χ1v) is 5.61. The quantitative estimate of drug-likeness (QED) is 0.476. The number of aryl methyl sites for hydroxylation is 1. The molecule has 0 fully saturated rings. The van der Waals surface area contributed by atoms with Gasteiger partial charge in [-0.3, -0.25) is 10.4 Å². The first-order valence-electron chi connectivity index (χ1n) is 4.79. The molecule has 17 heavy (non-hydrogen) atoms. The second kappa shape index (κ2) is 4.88. The molecule has 0 amide bonds. The van der Waals surface area contributed by atoms with Crippen molar-refractivity contribution in [2.24, 2.45) is 5.73 Å². The van der Waals surface area contributed by atoms with E-state index in [-0.39, 0.29) is 5.84 Å². The van der Waals surface area contributed by atoms with Gasteiger partial charge in [0.1, 0.15) is 16.6 Å². The molecule has 0 aliphatic carbocycles. The van der Waals surface area contributed by atoms with Crippen molar-refractivity contribution in [3.8, 4) is 0 Å². The summed E-state index contributed by atoms with van der Waals surface area (Å²) >= 11 is 1.29. The van der Waals surface area contributed by atoms with Crippen molar-refractivity contribution in [1.82, 2.24) is 19.9 Å². The van der Waals surface area contributed by atoms with Crippen LogP contribution in [-0.2, 0) is 0 Å². The fourth-order valence-corrected chi connectivity index (χ4v) is 1.90. The number of aromatic nitrogens is 4.